The Labute approximate surface area is 193 Å². The van der Waals surface area contributed by atoms with Gasteiger partial charge in [-0.05, 0) is 68.6 Å². The molecule has 0 aliphatic carbocycles. The average molecular weight is 557 g/mol. The molecule has 2 aromatic carbocycles. The van der Waals surface area contributed by atoms with E-state index in [2.05, 4.69) is 31.9 Å². The number of aryl methyl sites for hydroxylation is 1. The monoisotopic (exact) mass is 555 g/mol. The van der Waals surface area contributed by atoms with Crippen molar-refractivity contribution in [2.75, 3.05) is 7.11 Å². The summed E-state index contributed by atoms with van der Waals surface area (Å²) in [6, 6.07) is 10.0. The van der Waals surface area contributed by atoms with Gasteiger partial charge in [0, 0.05) is 27.9 Å². The van der Waals surface area contributed by atoms with Gasteiger partial charge in [-0.2, -0.15) is 0 Å². The van der Waals surface area contributed by atoms with Gasteiger partial charge in [0.2, 0.25) is 0 Å². The lowest BCUT2D eigenvalue weighted by atomic mass is 10.1. The minimum absolute atomic E-state index is 0.164. The fourth-order valence-electron chi connectivity index (χ4n) is 2.93. The number of ether oxygens (including phenoxy) is 2. The number of carbonyl (C=O) groups excluding carboxylic acids is 1. The number of benzene rings is 2. The fourth-order valence-corrected chi connectivity index (χ4v) is 3.78. The first kappa shape index (κ1) is 23.1. The zero-order valence-electron chi connectivity index (χ0n) is 16.5. The van der Waals surface area contributed by atoms with Crippen LogP contribution in [-0.2, 0) is 17.9 Å². The van der Waals surface area contributed by atoms with E-state index in [1.807, 2.05) is 0 Å². The van der Waals surface area contributed by atoms with Gasteiger partial charge in [0.25, 0.3) is 5.56 Å². The molecule has 3 aromatic rings. The summed E-state index contributed by atoms with van der Waals surface area (Å²) in [6.07, 6.45) is 0. The van der Waals surface area contributed by atoms with Crippen molar-refractivity contribution in [2.24, 2.45) is 0 Å². The zero-order chi connectivity index (χ0) is 22.7. The van der Waals surface area contributed by atoms with Crippen LogP contribution < -0.4 is 10.3 Å². The summed E-state index contributed by atoms with van der Waals surface area (Å²) in [7, 11) is 1.30. The van der Waals surface area contributed by atoms with Crippen LogP contribution in [-0.4, -0.2) is 17.6 Å². The Bertz CT molecular complexity index is 1210. The summed E-state index contributed by atoms with van der Waals surface area (Å²) in [5.41, 5.74) is 1.50. The second-order valence-corrected chi connectivity index (χ2v) is 8.33. The maximum Gasteiger partial charge on any atom is 0.339 e. The van der Waals surface area contributed by atoms with Gasteiger partial charge in [0.15, 0.2) is 0 Å². The van der Waals surface area contributed by atoms with Gasteiger partial charge >= 0.3 is 5.97 Å². The van der Waals surface area contributed by atoms with Crippen molar-refractivity contribution < 1.29 is 23.0 Å². The largest absolute Gasteiger partial charge is 0.487 e. The van der Waals surface area contributed by atoms with E-state index in [4.69, 9.17) is 9.47 Å². The van der Waals surface area contributed by atoms with E-state index in [1.165, 1.54) is 17.7 Å². The summed E-state index contributed by atoms with van der Waals surface area (Å²) in [5.74, 6) is -1.65. The minimum Gasteiger partial charge on any atom is -0.487 e. The van der Waals surface area contributed by atoms with E-state index in [0.29, 0.717) is 15.7 Å². The minimum atomic E-state index is -0.724. The van der Waals surface area contributed by atoms with Crippen molar-refractivity contribution in [1.82, 2.24) is 4.57 Å². The maximum atomic E-state index is 13.8. The van der Waals surface area contributed by atoms with E-state index < -0.39 is 17.6 Å². The highest BCUT2D eigenvalue weighted by Gasteiger charge is 2.16. The molecule has 0 aliphatic rings. The molecule has 162 valence electrons. The molecule has 0 amide bonds. The number of carbonyl (C=O) groups is 1. The van der Waals surface area contributed by atoms with Gasteiger partial charge in [-0.25, -0.2) is 13.6 Å². The van der Waals surface area contributed by atoms with E-state index in [-0.39, 0.29) is 34.5 Å². The molecule has 0 aliphatic heterocycles. The van der Waals surface area contributed by atoms with E-state index in [1.54, 1.807) is 31.2 Å². The number of hydrogen-bond donors (Lipinski definition) is 0. The second-order valence-electron chi connectivity index (χ2n) is 6.69. The molecule has 0 fully saturated rings. The molecular formula is C22H17Br2F2NO4. The molecule has 3 rings (SSSR count). The Morgan fingerprint density at radius 1 is 1.10 bits per heavy atom. The molecule has 0 atom stereocenters. The quantitative estimate of drug-likeness (QED) is 0.383. The first-order valence-corrected chi connectivity index (χ1v) is 10.6. The molecule has 31 heavy (non-hydrogen) atoms. The van der Waals surface area contributed by atoms with Crippen LogP contribution in [0, 0.1) is 18.6 Å². The predicted octanol–water partition coefficient (Wildman–Crippen LogP) is 5.37. The third kappa shape index (κ3) is 5.22. The van der Waals surface area contributed by atoms with Crippen molar-refractivity contribution in [3.8, 4) is 5.75 Å². The van der Waals surface area contributed by atoms with E-state index in [9.17, 15) is 18.4 Å². The molecule has 0 unspecified atom stereocenters. The molecular weight excluding hydrogens is 540 g/mol. The number of nitrogens with zero attached hydrogens (tertiary/aromatic N) is 1. The van der Waals surface area contributed by atoms with Gasteiger partial charge in [-0.3, -0.25) is 4.79 Å². The number of halogens is 4. The van der Waals surface area contributed by atoms with Crippen molar-refractivity contribution in [3.05, 3.63) is 95.8 Å². The Kier molecular flexibility index (Phi) is 7.27. The van der Waals surface area contributed by atoms with Crippen LogP contribution in [0.2, 0.25) is 0 Å². The topological polar surface area (TPSA) is 57.5 Å². The lowest BCUT2D eigenvalue weighted by Gasteiger charge is -2.15. The van der Waals surface area contributed by atoms with Gasteiger partial charge in [0.1, 0.15) is 28.5 Å². The number of aromatic nitrogens is 1. The van der Waals surface area contributed by atoms with Crippen LogP contribution in [0.5, 0.6) is 5.75 Å². The highest BCUT2D eigenvalue weighted by Crippen LogP contribution is 2.25. The molecule has 0 saturated heterocycles. The van der Waals surface area contributed by atoms with Gasteiger partial charge in [0.05, 0.1) is 19.2 Å². The van der Waals surface area contributed by atoms with Gasteiger partial charge in [-0.15, -0.1) is 0 Å². The van der Waals surface area contributed by atoms with Crippen LogP contribution >= 0.6 is 31.9 Å². The highest BCUT2D eigenvalue weighted by molar-refractivity contribution is 9.10. The Hall–Kier alpha value is -2.52. The Morgan fingerprint density at radius 2 is 1.84 bits per heavy atom. The SMILES string of the molecule is COC(=O)c1cc(Cn2c(C)cc(OCc3ccc(F)cc3F)c(Br)c2=O)ccc1Br. The van der Waals surface area contributed by atoms with E-state index in [0.717, 1.165) is 17.7 Å². The van der Waals surface area contributed by atoms with Crippen LogP contribution in [0.3, 0.4) is 0 Å². The van der Waals surface area contributed by atoms with Gasteiger partial charge in [-0.1, -0.05) is 6.07 Å². The van der Waals surface area contributed by atoms with Crippen LogP contribution in [0.1, 0.15) is 27.2 Å². The van der Waals surface area contributed by atoms with Crippen LogP contribution in [0.4, 0.5) is 8.78 Å². The number of hydrogen-bond acceptors (Lipinski definition) is 4. The number of rotatable bonds is 6. The zero-order valence-corrected chi connectivity index (χ0v) is 19.7. The maximum absolute atomic E-state index is 13.8. The Morgan fingerprint density at radius 3 is 2.52 bits per heavy atom. The smallest absolute Gasteiger partial charge is 0.339 e. The second kappa shape index (κ2) is 9.74. The normalized spacial score (nSPS) is 10.8. The summed E-state index contributed by atoms with van der Waals surface area (Å²) in [4.78, 5) is 24.8. The number of pyridine rings is 1. The van der Waals surface area contributed by atoms with Crippen molar-refractivity contribution in [2.45, 2.75) is 20.1 Å². The molecule has 0 N–H and O–H groups in total. The first-order chi connectivity index (χ1) is 14.7. The Balaban J connectivity index is 1.86. The van der Waals surface area contributed by atoms with Crippen molar-refractivity contribution >= 4 is 37.8 Å². The van der Waals surface area contributed by atoms with Crippen LogP contribution in [0.25, 0.3) is 0 Å². The molecule has 0 spiro atoms. The summed E-state index contributed by atoms with van der Waals surface area (Å²) in [6.45, 7) is 1.79. The lowest BCUT2D eigenvalue weighted by molar-refractivity contribution is 0.0599. The summed E-state index contributed by atoms with van der Waals surface area (Å²) < 4.78 is 39.5. The third-order valence-corrected chi connectivity index (χ3v) is 6.01. The number of esters is 1. The van der Waals surface area contributed by atoms with Crippen molar-refractivity contribution in [1.29, 1.82) is 0 Å². The molecule has 1 heterocycles. The van der Waals surface area contributed by atoms with Gasteiger partial charge < -0.3 is 14.0 Å². The first-order valence-electron chi connectivity index (χ1n) is 9.04. The average Bonchev–Trinajstić information content (AvgIpc) is 2.74. The predicted molar refractivity (Wildman–Crippen MR) is 118 cm³/mol. The molecule has 5 nitrogen and oxygen atoms in total. The molecule has 1 aromatic heterocycles. The summed E-state index contributed by atoms with van der Waals surface area (Å²) >= 11 is 6.56. The molecule has 0 saturated carbocycles. The third-order valence-electron chi connectivity index (χ3n) is 4.59. The van der Waals surface area contributed by atoms with E-state index >= 15 is 0 Å². The van der Waals surface area contributed by atoms with Crippen LogP contribution in [0.15, 0.2) is 56.2 Å². The molecule has 0 radical (unpaired) electrons. The molecule has 9 heteroatoms. The standard InChI is InChI=1S/C22H17Br2F2NO4/c1-12-7-19(31-11-14-4-5-15(25)9-18(14)26)20(24)21(28)27(12)10-13-3-6-17(23)16(8-13)22(29)30-2/h3-9H,10-11H2,1-2H3. The molecule has 0 bridgehead atoms. The fraction of sp³-hybridized carbons (Fsp3) is 0.182. The number of methoxy groups -OCH3 is 1. The highest BCUT2D eigenvalue weighted by atomic mass is 79.9. The van der Waals surface area contributed by atoms with Crippen molar-refractivity contribution in [3.63, 3.8) is 0 Å². The lowest BCUT2D eigenvalue weighted by Crippen LogP contribution is -2.24. The summed E-state index contributed by atoms with van der Waals surface area (Å²) in [5, 5.41) is 0.